The predicted molar refractivity (Wildman–Crippen MR) is 72.5 cm³/mol. The molecule has 2 N–H and O–H groups in total. The standard InChI is InChI=1S/C15H23NO/c1-11-9-13(17)6-7-14(11)16-12-5-4-8-15(2,3)10-12/h6-7,9,12,16-17H,4-5,8,10H2,1-3H3. The fourth-order valence-electron chi connectivity index (χ4n) is 2.85. The number of hydrogen-bond acceptors (Lipinski definition) is 2. The summed E-state index contributed by atoms with van der Waals surface area (Å²) in [5.74, 6) is 0.344. The molecule has 2 rings (SSSR count). The molecule has 1 aromatic rings. The number of phenolic OH excluding ortho intramolecular Hbond substituents is 1. The smallest absolute Gasteiger partial charge is 0.115 e. The van der Waals surface area contributed by atoms with Gasteiger partial charge in [0.05, 0.1) is 0 Å². The van der Waals surface area contributed by atoms with Crippen LogP contribution in [0.15, 0.2) is 18.2 Å². The number of benzene rings is 1. The Kier molecular flexibility index (Phi) is 3.32. The molecule has 0 amide bonds. The fourth-order valence-corrected chi connectivity index (χ4v) is 2.85. The van der Waals surface area contributed by atoms with Gasteiger partial charge in [0.2, 0.25) is 0 Å². The number of rotatable bonds is 2. The van der Waals surface area contributed by atoms with Crippen LogP contribution in [0.4, 0.5) is 5.69 Å². The van der Waals surface area contributed by atoms with Crippen LogP contribution in [-0.2, 0) is 0 Å². The van der Waals surface area contributed by atoms with E-state index < -0.39 is 0 Å². The molecule has 0 saturated heterocycles. The molecule has 2 nitrogen and oxygen atoms in total. The summed E-state index contributed by atoms with van der Waals surface area (Å²) in [6.45, 7) is 6.74. The quantitative estimate of drug-likeness (QED) is 0.754. The van der Waals surface area contributed by atoms with Gasteiger partial charge in [-0.1, -0.05) is 20.3 Å². The molecule has 2 heteroatoms. The highest BCUT2D eigenvalue weighted by Gasteiger charge is 2.27. The molecule has 0 heterocycles. The monoisotopic (exact) mass is 233 g/mol. The van der Waals surface area contributed by atoms with Crippen molar-refractivity contribution >= 4 is 5.69 Å². The zero-order valence-electron chi connectivity index (χ0n) is 11.1. The van der Waals surface area contributed by atoms with Gasteiger partial charge in [-0.25, -0.2) is 0 Å². The van der Waals surface area contributed by atoms with Gasteiger partial charge >= 0.3 is 0 Å². The minimum atomic E-state index is 0.344. The SMILES string of the molecule is Cc1cc(O)ccc1NC1CCCC(C)(C)C1. The van der Waals surface area contributed by atoms with Crippen molar-refractivity contribution in [3.8, 4) is 5.75 Å². The number of phenols is 1. The molecule has 0 spiro atoms. The Morgan fingerprint density at radius 3 is 2.76 bits per heavy atom. The van der Waals surface area contributed by atoms with Crippen molar-refractivity contribution in [1.29, 1.82) is 0 Å². The van der Waals surface area contributed by atoms with E-state index in [4.69, 9.17) is 0 Å². The average Bonchev–Trinajstić information content (AvgIpc) is 2.21. The van der Waals surface area contributed by atoms with Crippen molar-refractivity contribution in [2.45, 2.75) is 52.5 Å². The average molecular weight is 233 g/mol. The largest absolute Gasteiger partial charge is 0.508 e. The van der Waals surface area contributed by atoms with E-state index in [-0.39, 0.29) is 0 Å². The van der Waals surface area contributed by atoms with Crippen LogP contribution in [0.25, 0.3) is 0 Å². The minimum absolute atomic E-state index is 0.344. The molecular formula is C15H23NO. The topological polar surface area (TPSA) is 32.3 Å². The Morgan fingerprint density at radius 1 is 1.35 bits per heavy atom. The lowest BCUT2D eigenvalue weighted by atomic mass is 9.75. The molecule has 1 fully saturated rings. The first-order chi connectivity index (χ1) is 7.96. The zero-order valence-corrected chi connectivity index (χ0v) is 11.1. The molecule has 1 unspecified atom stereocenters. The maximum absolute atomic E-state index is 9.40. The molecule has 1 aliphatic rings. The summed E-state index contributed by atoms with van der Waals surface area (Å²) in [7, 11) is 0. The van der Waals surface area contributed by atoms with Gasteiger partial charge in [0, 0.05) is 11.7 Å². The summed E-state index contributed by atoms with van der Waals surface area (Å²) in [6, 6.07) is 6.12. The molecule has 0 radical (unpaired) electrons. The fraction of sp³-hybridized carbons (Fsp3) is 0.600. The normalized spacial score (nSPS) is 23.4. The van der Waals surface area contributed by atoms with E-state index in [0.717, 1.165) is 11.3 Å². The van der Waals surface area contributed by atoms with Crippen molar-refractivity contribution in [1.82, 2.24) is 0 Å². The number of aryl methyl sites for hydroxylation is 1. The van der Waals surface area contributed by atoms with Gasteiger partial charge in [0.1, 0.15) is 5.75 Å². The third-order valence-electron chi connectivity index (χ3n) is 3.77. The van der Waals surface area contributed by atoms with Gasteiger partial charge in [-0.05, 0) is 55.4 Å². The van der Waals surface area contributed by atoms with Gasteiger partial charge in [-0.3, -0.25) is 0 Å². The molecule has 17 heavy (non-hydrogen) atoms. The van der Waals surface area contributed by atoms with E-state index in [2.05, 4.69) is 19.2 Å². The third kappa shape index (κ3) is 3.15. The van der Waals surface area contributed by atoms with E-state index in [9.17, 15) is 5.11 Å². The Balaban J connectivity index is 2.05. The van der Waals surface area contributed by atoms with Crippen molar-refractivity contribution in [2.24, 2.45) is 5.41 Å². The Bertz CT molecular complexity index is 398. The van der Waals surface area contributed by atoms with Gasteiger partial charge < -0.3 is 10.4 Å². The Hall–Kier alpha value is -1.18. The minimum Gasteiger partial charge on any atom is -0.508 e. The number of nitrogens with one attached hydrogen (secondary N) is 1. The summed E-state index contributed by atoms with van der Waals surface area (Å²) >= 11 is 0. The summed E-state index contributed by atoms with van der Waals surface area (Å²) in [4.78, 5) is 0. The van der Waals surface area contributed by atoms with Crippen LogP contribution >= 0.6 is 0 Å². The first-order valence-electron chi connectivity index (χ1n) is 6.52. The first kappa shape index (κ1) is 12.3. The highest BCUT2D eigenvalue weighted by Crippen LogP contribution is 2.36. The molecule has 1 atom stereocenters. The third-order valence-corrected chi connectivity index (χ3v) is 3.77. The molecule has 1 saturated carbocycles. The van der Waals surface area contributed by atoms with Gasteiger partial charge in [-0.2, -0.15) is 0 Å². The molecular weight excluding hydrogens is 210 g/mol. The lowest BCUT2D eigenvalue weighted by molar-refractivity contribution is 0.229. The van der Waals surface area contributed by atoms with Crippen molar-refractivity contribution in [2.75, 3.05) is 5.32 Å². The zero-order chi connectivity index (χ0) is 12.5. The van der Waals surface area contributed by atoms with Crippen molar-refractivity contribution < 1.29 is 5.11 Å². The molecule has 0 aromatic heterocycles. The predicted octanol–water partition coefficient (Wildman–Crippen LogP) is 4.08. The summed E-state index contributed by atoms with van der Waals surface area (Å²) in [5.41, 5.74) is 2.74. The molecule has 0 bridgehead atoms. The maximum atomic E-state index is 9.40. The van der Waals surface area contributed by atoms with Crippen LogP contribution < -0.4 is 5.32 Å². The van der Waals surface area contributed by atoms with Crippen LogP contribution in [0.1, 0.15) is 45.1 Å². The van der Waals surface area contributed by atoms with E-state index in [0.29, 0.717) is 17.2 Å². The highest BCUT2D eigenvalue weighted by molar-refractivity contribution is 5.53. The number of anilines is 1. The first-order valence-corrected chi connectivity index (χ1v) is 6.52. The van der Waals surface area contributed by atoms with Crippen LogP contribution in [0.5, 0.6) is 5.75 Å². The van der Waals surface area contributed by atoms with Gasteiger partial charge in [0.15, 0.2) is 0 Å². The number of hydrogen-bond donors (Lipinski definition) is 2. The van der Waals surface area contributed by atoms with Gasteiger partial charge in [-0.15, -0.1) is 0 Å². The van der Waals surface area contributed by atoms with E-state index in [1.165, 1.54) is 25.7 Å². The van der Waals surface area contributed by atoms with E-state index >= 15 is 0 Å². The summed E-state index contributed by atoms with van der Waals surface area (Å²) in [5, 5.41) is 13.0. The molecule has 1 aromatic carbocycles. The second kappa shape index (κ2) is 4.59. The lowest BCUT2D eigenvalue weighted by Crippen LogP contribution is -2.31. The lowest BCUT2D eigenvalue weighted by Gasteiger charge is -2.36. The van der Waals surface area contributed by atoms with Gasteiger partial charge in [0.25, 0.3) is 0 Å². The number of aromatic hydroxyl groups is 1. The van der Waals surface area contributed by atoms with Crippen LogP contribution in [0.3, 0.4) is 0 Å². The van der Waals surface area contributed by atoms with E-state index in [1.807, 2.05) is 19.1 Å². The Morgan fingerprint density at radius 2 is 2.12 bits per heavy atom. The van der Waals surface area contributed by atoms with Crippen LogP contribution in [0, 0.1) is 12.3 Å². The molecule has 94 valence electrons. The van der Waals surface area contributed by atoms with Crippen molar-refractivity contribution in [3.05, 3.63) is 23.8 Å². The molecule has 1 aliphatic carbocycles. The van der Waals surface area contributed by atoms with Crippen molar-refractivity contribution in [3.63, 3.8) is 0 Å². The molecule has 0 aliphatic heterocycles. The second-order valence-corrected chi connectivity index (χ2v) is 6.10. The van der Waals surface area contributed by atoms with E-state index in [1.54, 1.807) is 6.07 Å². The Labute approximate surface area is 104 Å². The van der Waals surface area contributed by atoms with Crippen LogP contribution in [0.2, 0.25) is 0 Å². The highest BCUT2D eigenvalue weighted by atomic mass is 16.3. The van der Waals surface area contributed by atoms with Crippen LogP contribution in [-0.4, -0.2) is 11.1 Å². The summed E-state index contributed by atoms with van der Waals surface area (Å²) in [6.07, 6.45) is 5.12. The summed E-state index contributed by atoms with van der Waals surface area (Å²) < 4.78 is 0. The second-order valence-electron chi connectivity index (χ2n) is 6.10. The maximum Gasteiger partial charge on any atom is 0.115 e.